The van der Waals surface area contributed by atoms with Gasteiger partial charge in [-0.2, -0.15) is 0 Å². The second kappa shape index (κ2) is 13.1. The summed E-state index contributed by atoms with van der Waals surface area (Å²) in [5.41, 5.74) is 14.7. The molecule has 0 amide bonds. The Kier molecular flexibility index (Phi) is 7.46. The smallest absolute Gasteiger partial charge is 0.160 e. The summed E-state index contributed by atoms with van der Waals surface area (Å²) in [6.07, 6.45) is 0. The molecule has 11 aromatic rings. The Labute approximate surface area is 323 Å². The Hall–Kier alpha value is -7.56. The molecule has 3 aromatic heterocycles. The lowest BCUT2D eigenvalue weighted by molar-refractivity contribution is 0.665. The van der Waals surface area contributed by atoms with Crippen molar-refractivity contribution in [3.8, 4) is 67.3 Å². The highest BCUT2D eigenvalue weighted by atomic mass is 16.3. The van der Waals surface area contributed by atoms with E-state index in [1.165, 1.54) is 0 Å². The van der Waals surface area contributed by atoms with Gasteiger partial charge in [-0.1, -0.05) is 170 Å². The number of benzene rings is 8. The maximum absolute atomic E-state index is 6.71. The monoisotopic (exact) mass is 716 g/mol. The van der Waals surface area contributed by atoms with Crippen LogP contribution in [-0.2, 0) is 0 Å². The molecule has 4 heteroatoms. The topological polar surface area (TPSA) is 52.1 Å². The molecule has 0 aliphatic carbocycles. The number of aromatic nitrogens is 2. The molecule has 0 radical (unpaired) electrons. The van der Waals surface area contributed by atoms with Gasteiger partial charge < -0.3 is 8.83 Å². The summed E-state index contributed by atoms with van der Waals surface area (Å²) in [6.45, 7) is 0. The molecule has 0 fully saturated rings. The summed E-state index contributed by atoms with van der Waals surface area (Å²) in [7, 11) is 0. The molecule has 0 unspecified atom stereocenters. The first-order valence-electron chi connectivity index (χ1n) is 18.8. The number of hydrogen-bond donors (Lipinski definition) is 0. The summed E-state index contributed by atoms with van der Waals surface area (Å²) >= 11 is 0. The van der Waals surface area contributed by atoms with Crippen molar-refractivity contribution in [2.24, 2.45) is 0 Å². The minimum atomic E-state index is 0.687. The molecular weight excluding hydrogens is 685 g/mol. The average molecular weight is 717 g/mol. The molecular formula is C52H32N2O2. The van der Waals surface area contributed by atoms with Crippen molar-refractivity contribution >= 4 is 43.9 Å². The zero-order chi connectivity index (χ0) is 37.0. The number of fused-ring (bicyclic) bond motifs is 6. The average Bonchev–Trinajstić information content (AvgIpc) is 3.86. The number of rotatable bonds is 6. The van der Waals surface area contributed by atoms with Crippen molar-refractivity contribution < 1.29 is 8.83 Å². The van der Waals surface area contributed by atoms with Crippen LogP contribution >= 0.6 is 0 Å². The summed E-state index contributed by atoms with van der Waals surface area (Å²) in [4.78, 5) is 10.3. The largest absolute Gasteiger partial charge is 0.455 e. The molecule has 0 aliphatic rings. The highest BCUT2D eigenvalue weighted by Crippen LogP contribution is 2.45. The fourth-order valence-corrected chi connectivity index (χ4v) is 8.09. The standard InChI is InChI=1S/C52H32N2O2/c1-3-14-33(15-4-1)37-18-7-8-19-39(37)46-32-45(53-52(54-46)36-16-5-2-6-17-36)35-28-26-34(27-29-35)38-30-31-43(51-49(38)44-21-10-12-25-48(44)56-51)42-23-13-22-41-40-20-9-11-24-47(40)55-50(41)42/h1-32H. The number of para-hydroxylation sites is 3. The Bertz CT molecular complexity index is 3230. The molecule has 0 aliphatic heterocycles. The molecule has 0 saturated carbocycles. The van der Waals surface area contributed by atoms with E-state index in [1.807, 2.05) is 48.5 Å². The summed E-state index contributed by atoms with van der Waals surface area (Å²) in [6, 6.07) is 67.2. The third kappa shape index (κ3) is 5.31. The van der Waals surface area contributed by atoms with Gasteiger partial charge in [0.25, 0.3) is 0 Å². The molecule has 4 nitrogen and oxygen atoms in total. The molecule has 0 atom stereocenters. The van der Waals surface area contributed by atoms with Crippen LogP contribution in [0.25, 0.3) is 111 Å². The van der Waals surface area contributed by atoms with Crippen molar-refractivity contribution in [2.75, 3.05) is 0 Å². The molecule has 0 saturated heterocycles. The Morgan fingerprint density at radius 1 is 0.304 bits per heavy atom. The van der Waals surface area contributed by atoms with E-state index < -0.39 is 0 Å². The lowest BCUT2D eigenvalue weighted by atomic mass is 9.93. The molecule has 8 aromatic carbocycles. The van der Waals surface area contributed by atoms with Crippen molar-refractivity contribution in [3.63, 3.8) is 0 Å². The van der Waals surface area contributed by atoms with E-state index in [4.69, 9.17) is 18.8 Å². The van der Waals surface area contributed by atoms with Crippen LogP contribution in [0.3, 0.4) is 0 Å². The van der Waals surface area contributed by atoms with Crippen molar-refractivity contribution in [2.45, 2.75) is 0 Å². The summed E-state index contributed by atoms with van der Waals surface area (Å²) in [5, 5.41) is 4.35. The van der Waals surface area contributed by atoms with Gasteiger partial charge >= 0.3 is 0 Å². The predicted molar refractivity (Wildman–Crippen MR) is 229 cm³/mol. The van der Waals surface area contributed by atoms with Crippen LogP contribution in [0.2, 0.25) is 0 Å². The zero-order valence-corrected chi connectivity index (χ0v) is 30.2. The van der Waals surface area contributed by atoms with Gasteiger partial charge in [-0.3, -0.25) is 0 Å². The van der Waals surface area contributed by atoms with Gasteiger partial charge in [0.1, 0.15) is 22.3 Å². The maximum atomic E-state index is 6.71. The van der Waals surface area contributed by atoms with E-state index in [0.29, 0.717) is 5.82 Å². The van der Waals surface area contributed by atoms with Crippen LogP contribution in [0.4, 0.5) is 0 Å². The highest BCUT2D eigenvalue weighted by molar-refractivity contribution is 6.18. The lowest BCUT2D eigenvalue weighted by Crippen LogP contribution is -1.97. The minimum Gasteiger partial charge on any atom is -0.455 e. The highest BCUT2D eigenvalue weighted by Gasteiger charge is 2.21. The van der Waals surface area contributed by atoms with Crippen molar-refractivity contribution in [3.05, 3.63) is 194 Å². The predicted octanol–water partition coefficient (Wildman–Crippen LogP) is 14.3. The van der Waals surface area contributed by atoms with Gasteiger partial charge in [-0.15, -0.1) is 0 Å². The summed E-state index contributed by atoms with van der Waals surface area (Å²) < 4.78 is 13.2. The fraction of sp³-hybridized carbons (Fsp3) is 0. The first-order valence-corrected chi connectivity index (χ1v) is 18.8. The third-order valence-electron chi connectivity index (χ3n) is 10.8. The first kappa shape index (κ1) is 31.9. The molecule has 0 spiro atoms. The maximum Gasteiger partial charge on any atom is 0.160 e. The molecule has 0 N–H and O–H groups in total. The second-order valence-electron chi connectivity index (χ2n) is 14.1. The van der Waals surface area contributed by atoms with E-state index in [-0.39, 0.29) is 0 Å². The quantitative estimate of drug-likeness (QED) is 0.172. The van der Waals surface area contributed by atoms with Crippen LogP contribution < -0.4 is 0 Å². The molecule has 3 heterocycles. The number of nitrogens with zero attached hydrogens (tertiary/aromatic N) is 2. The van der Waals surface area contributed by atoms with Gasteiger partial charge in [0.05, 0.1) is 11.4 Å². The normalized spacial score (nSPS) is 11.6. The van der Waals surface area contributed by atoms with Gasteiger partial charge in [0.15, 0.2) is 5.82 Å². The molecule has 56 heavy (non-hydrogen) atoms. The SMILES string of the molecule is c1ccc(-c2nc(-c3ccc(-c4ccc(-c5cccc6c5oc5ccccc56)c5oc6ccccc6c45)cc3)cc(-c3ccccc3-c3ccccc3)n2)cc1. The van der Waals surface area contributed by atoms with E-state index in [9.17, 15) is 0 Å². The molecule has 0 bridgehead atoms. The van der Waals surface area contributed by atoms with Crippen LogP contribution in [0.15, 0.2) is 203 Å². The van der Waals surface area contributed by atoms with E-state index in [2.05, 4.69) is 146 Å². The Morgan fingerprint density at radius 2 is 0.821 bits per heavy atom. The Morgan fingerprint density at radius 3 is 1.61 bits per heavy atom. The van der Waals surface area contributed by atoms with Crippen LogP contribution in [0.5, 0.6) is 0 Å². The van der Waals surface area contributed by atoms with E-state index >= 15 is 0 Å². The minimum absolute atomic E-state index is 0.687. The number of hydrogen-bond acceptors (Lipinski definition) is 4. The van der Waals surface area contributed by atoms with Gasteiger partial charge in [-0.05, 0) is 46.5 Å². The number of furan rings is 2. The van der Waals surface area contributed by atoms with Gasteiger partial charge in [-0.25, -0.2) is 9.97 Å². The third-order valence-corrected chi connectivity index (χ3v) is 10.8. The zero-order valence-electron chi connectivity index (χ0n) is 30.2. The van der Waals surface area contributed by atoms with Gasteiger partial charge in [0.2, 0.25) is 0 Å². The van der Waals surface area contributed by atoms with Crippen LogP contribution in [0.1, 0.15) is 0 Å². The van der Waals surface area contributed by atoms with E-state index in [0.717, 1.165) is 105 Å². The van der Waals surface area contributed by atoms with E-state index in [1.54, 1.807) is 0 Å². The fourth-order valence-electron chi connectivity index (χ4n) is 8.09. The Balaban J connectivity index is 1.05. The first-order chi connectivity index (χ1) is 27.8. The molecule has 11 rings (SSSR count). The van der Waals surface area contributed by atoms with Crippen molar-refractivity contribution in [1.29, 1.82) is 0 Å². The molecule has 262 valence electrons. The second-order valence-corrected chi connectivity index (χ2v) is 14.1. The van der Waals surface area contributed by atoms with Gasteiger partial charge in [0, 0.05) is 49.4 Å². The van der Waals surface area contributed by atoms with Crippen molar-refractivity contribution in [1.82, 2.24) is 9.97 Å². The lowest BCUT2D eigenvalue weighted by Gasteiger charge is -2.13. The van der Waals surface area contributed by atoms with Crippen LogP contribution in [0, 0.1) is 0 Å². The van der Waals surface area contributed by atoms with Crippen LogP contribution in [-0.4, -0.2) is 9.97 Å². The summed E-state index contributed by atoms with van der Waals surface area (Å²) in [5.74, 6) is 0.687.